The Kier molecular flexibility index (Phi) is 9.47. The van der Waals surface area contributed by atoms with Gasteiger partial charge < -0.3 is 0 Å². The van der Waals surface area contributed by atoms with E-state index >= 15 is 0 Å². The molecule has 2 aliphatic carbocycles. The molecular weight excluding hydrogens is 292 g/mol. The smallest absolute Gasteiger partial charge is 0 e. The third kappa shape index (κ3) is 6.04. The summed E-state index contributed by atoms with van der Waals surface area (Å²) in [5.74, 6) is 0. The first-order chi connectivity index (χ1) is 7.45. The molecule has 0 aromatic rings. The second-order valence-corrected chi connectivity index (χ2v) is 11.9. The molecule has 0 saturated heterocycles. The van der Waals surface area contributed by atoms with Crippen molar-refractivity contribution in [1.82, 2.24) is 0 Å². The first-order valence-electron chi connectivity index (χ1n) is 6.51. The minimum atomic E-state index is 0. The van der Waals surface area contributed by atoms with Crippen molar-refractivity contribution >= 4 is 31.1 Å². The van der Waals surface area contributed by atoms with Gasteiger partial charge in [-0.15, -0.1) is 0 Å². The number of rotatable bonds is 4. The average Bonchev–Trinajstić information content (AvgIpc) is 2.32. The molecule has 0 atom stereocenters. The molecule has 1 radical (unpaired) electrons. The van der Waals surface area contributed by atoms with E-state index in [-0.39, 0.29) is 29.0 Å². The SMILES string of the molecule is C1CCC([S][Ti][S]C2CCCCC2)CC1.[Cl]. The van der Waals surface area contributed by atoms with Crippen LogP contribution in [0.5, 0.6) is 0 Å². The summed E-state index contributed by atoms with van der Waals surface area (Å²) in [6.45, 7) is 0. The molecule has 2 rings (SSSR count). The Morgan fingerprint density at radius 1 is 0.625 bits per heavy atom. The molecule has 0 spiro atoms. The Balaban J connectivity index is 0.00000128. The van der Waals surface area contributed by atoms with Gasteiger partial charge in [0, 0.05) is 12.4 Å². The molecule has 0 amide bonds. The van der Waals surface area contributed by atoms with Crippen molar-refractivity contribution in [3.8, 4) is 0 Å². The van der Waals surface area contributed by atoms with Gasteiger partial charge in [0.15, 0.2) is 0 Å². The van der Waals surface area contributed by atoms with E-state index in [1.54, 1.807) is 0 Å². The molecule has 4 heteroatoms. The predicted octanol–water partition coefficient (Wildman–Crippen LogP) is 5.72. The van der Waals surface area contributed by atoms with Crippen molar-refractivity contribution in [2.75, 3.05) is 0 Å². The Morgan fingerprint density at radius 2 is 1.00 bits per heavy atom. The molecule has 0 N–H and O–H groups in total. The number of hydrogen-bond acceptors (Lipinski definition) is 2. The minimum Gasteiger partial charge on any atom is 0 e. The van der Waals surface area contributed by atoms with E-state index in [0.717, 1.165) is 10.5 Å². The molecule has 0 bridgehead atoms. The van der Waals surface area contributed by atoms with Gasteiger partial charge in [-0.3, -0.25) is 0 Å². The van der Waals surface area contributed by atoms with E-state index in [0.29, 0.717) is 0 Å². The molecule has 0 heterocycles. The van der Waals surface area contributed by atoms with Crippen LogP contribution in [-0.2, 0) is 16.5 Å². The summed E-state index contributed by atoms with van der Waals surface area (Å²) in [7, 11) is 4.76. The average molecular weight is 314 g/mol. The first kappa shape index (κ1) is 15.8. The van der Waals surface area contributed by atoms with Crippen molar-refractivity contribution in [3.63, 3.8) is 0 Å². The van der Waals surface area contributed by atoms with E-state index in [1.807, 2.05) is 0 Å². The van der Waals surface area contributed by atoms with Gasteiger partial charge in [-0.05, 0) is 0 Å². The second-order valence-electron chi connectivity index (χ2n) is 4.84. The number of halogens is 1. The van der Waals surface area contributed by atoms with Gasteiger partial charge in [-0.25, -0.2) is 0 Å². The molecule has 0 aromatic heterocycles. The fourth-order valence-electron chi connectivity index (χ4n) is 2.53. The van der Waals surface area contributed by atoms with Crippen LogP contribution in [0, 0.1) is 0 Å². The largest absolute Gasteiger partial charge is 0 e. The van der Waals surface area contributed by atoms with Gasteiger partial charge in [0.05, 0.1) is 0 Å². The van der Waals surface area contributed by atoms with Gasteiger partial charge in [-0.1, -0.05) is 0 Å². The Morgan fingerprint density at radius 3 is 1.38 bits per heavy atom. The molecule has 2 saturated carbocycles. The van der Waals surface area contributed by atoms with Crippen molar-refractivity contribution in [2.45, 2.75) is 74.7 Å². The van der Waals surface area contributed by atoms with E-state index in [9.17, 15) is 0 Å². The summed E-state index contributed by atoms with van der Waals surface area (Å²) in [5.41, 5.74) is 0. The second kappa shape index (κ2) is 9.61. The van der Waals surface area contributed by atoms with Crippen LogP contribution in [0.3, 0.4) is 0 Å². The minimum absolute atomic E-state index is 0. The van der Waals surface area contributed by atoms with Crippen molar-refractivity contribution in [3.05, 3.63) is 0 Å². The molecule has 2 fully saturated rings. The third-order valence-electron chi connectivity index (χ3n) is 3.53. The fourth-order valence-corrected chi connectivity index (χ4v) is 11.8. The maximum absolute atomic E-state index is 2.38. The molecule has 0 aliphatic heterocycles. The summed E-state index contributed by atoms with van der Waals surface area (Å²) in [6.07, 6.45) is 15.2. The maximum Gasteiger partial charge on any atom is 0 e. The number of hydrogen-bond donors (Lipinski definition) is 0. The topological polar surface area (TPSA) is 0 Å². The van der Waals surface area contributed by atoms with Gasteiger partial charge in [-0.2, -0.15) is 0 Å². The van der Waals surface area contributed by atoms with Crippen molar-refractivity contribution in [2.24, 2.45) is 0 Å². The Hall–Kier alpha value is 1.70. The monoisotopic (exact) mass is 313 g/mol. The summed E-state index contributed by atoms with van der Waals surface area (Å²) < 4.78 is 0. The molecular formula is C12H22ClS2Ti. The van der Waals surface area contributed by atoms with Gasteiger partial charge in [0.25, 0.3) is 0 Å². The van der Waals surface area contributed by atoms with Gasteiger partial charge in [0.1, 0.15) is 0 Å². The zero-order valence-corrected chi connectivity index (χ0v) is 13.9. The first-order valence-corrected chi connectivity index (χ1v) is 12.1. The van der Waals surface area contributed by atoms with Crippen LogP contribution < -0.4 is 0 Å². The standard InChI is InChI=1S/2C6H12S.Cl.Ti/c2*7-6-4-2-1-3-5-6;;/h2*6-7H,1-5H2;;/q;;;+2/p-2. The van der Waals surface area contributed by atoms with E-state index in [4.69, 9.17) is 0 Å². The van der Waals surface area contributed by atoms with Crippen molar-refractivity contribution < 1.29 is 16.5 Å². The van der Waals surface area contributed by atoms with Crippen molar-refractivity contribution in [1.29, 1.82) is 0 Å². The van der Waals surface area contributed by atoms with Gasteiger partial charge >= 0.3 is 110 Å². The normalized spacial score (nSPS) is 23.8. The Bertz CT molecular complexity index is 150. The van der Waals surface area contributed by atoms with Crippen LogP contribution in [-0.4, -0.2) is 10.5 Å². The van der Waals surface area contributed by atoms with Crippen LogP contribution in [0.2, 0.25) is 0 Å². The van der Waals surface area contributed by atoms with Crippen LogP contribution >= 0.6 is 31.1 Å². The van der Waals surface area contributed by atoms with E-state index in [1.165, 1.54) is 64.2 Å². The molecule has 93 valence electrons. The fraction of sp³-hybridized carbons (Fsp3) is 1.00. The van der Waals surface area contributed by atoms with E-state index < -0.39 is 0 Å². The van der Waals surface area contributed by atoms with Gasteiger partial charge in [0.2, 0.25) is 0 Å². The van der Waals surface area contributed by atoms with E-state index in [2.05, 4.69) is 18.7 Å². The predicted molar refractivity (Wildman–Crippen MR) is 74.8 cm³/mol. The summed E-state index contributed by atoms with van der Waals surface area (Å²) in [6, 6.07) is 0. The molecule has 0 aromatic carbocycles. The molecule has 2 aliphatic rings. The molecule has 0 unspecified atom stereocenters. The summed E-state index contributed by atoms with van der Waals surface area (Å²) in [4.78, 5) is 0. The summed E-state index contributed by atoms with van der Waals surface area (Å²) in [5, 5.41) is 2.13. The third-order valence-corrected chi connectivity index (χ3v) is 11.7. The summed E-state index contributed by atoms with van der Waals surface area (Å²) >= 11 is 0.276. The Labute approximate surface area is 121 Å². The van der Waals surface area contributed by atoms with Crippen LogP contribution in [0.4, 0.5) is 0 Å². The van der Waals surface area contributed by atoms with Crippen LogP contribution in [0.15, 0.2) is 0 Å². The zero-order chi connectivity index (χ0) is 10.3. The molecule has 16 heavy (non-hydrogen) atoms. The quantitative estimate of drug-likeness (QED) is 0.609. The van der Waals surface area contributed by atoms with Crippen LogP contribution in [0.25, 0.3) is 0 Å². The maximum atomic E-state index is 2.38. The zero-order valence-electron chi connectivity index (χ0n) is 9.92. The van der Waals surface area contributed by atoms with Crippen LogP contribution in [0.1, 0.15) is 64.2 Å². The molecule has 0 nitrogen and oxygen atoms in total.